The van der Waals surface area contributed by atoms with Gasteiger partial charge in [0, 0.05) is 17.0 Å². The van der Waals surface area contributed by atoms with Gasteiger partial charge in [-0.3, -0.25) is 4.79 Å². The molecule has 7 heteroatoms. The molecule has 1 aliphatic carbocycles. The first-order valence-electron chi connectivity index (χ1n) is 15.1. The molecule has 1 aromatic heterocycles. The van der Waals surface area contributed by atoms with Crippen LogP contribution in [-0.4, -0.2) is 24.4 Å². The van der Waals surface area contributed by atoms with Gasteiger partial charge in [0.05, 0.1) is 5.92 Å². The molecule has 2 aromatic carbocycles. The Morgan fingerprint density at radius 1 is 1.00 bits per heavy atom. The van der Waals surface area contributed by atoms with Crippen molar-refractivity contribution in [2.75, 3.05) is 0 Å². The number of esters is 1. The van der Waals surface area contributed by atoms with Gasteiger partial charge in [0.1, 0.15) is 35.2 Å². The Morgan fingerprint density at radius 2 is 1.76 bits per heavy atom. The van der Waals surface area contributed by atoms with Crippen LogP contribution in [0.1, 0.15) is 84.3 Å². The summed E-state index contributed by atoms with van der Waals surface area (Å²) < 4.78 is 60.0. The third kappa shape index (κ3) is 7.66. The fourth-order valence-electron chi connectivity index (χ4n) is 5.99. The number of furan rings is 1. The van der Waals surface area contributed by atoms with Gasteiger partial charge in [-0.05, 0) is 73.8 Å². The smallest absolute Gasteiger partial charge is 0.398 e. The maximum Gasteiger partial charge on any atom is 0.398 e. The number of fused-ring (bicyclic) bond motifs is 1. The number of benzene rings is 2. The molecule has 4 rings (SSSR count). The Balaban J connectivity index is 1.50. The molecule has 4 nitrogen and oxygen atoms in total. The maximum absolute atomic E-state index is 14.2. The number of unbranched alkanes of at least 4 members (excludes halogenated alkanes) is 2. The zero-order valence-corrected chi connectivity index (χ0v) is 24.9. The predicted octanol–water partition coefficient (Wildman–Crippen LogP) is 9.71. The highest BCUT2D eigenvalue weighted by Crippen LogP contribution is 2.43. The van der Waals surface area contributed by atoms with Crippen molar-refractivity contribution < 1.29 is 31.9 Å². The molecule has 0 bridgehead atoms. The van der Waals surface area contributed by atoms with Crippen LogP contribution in [-0.2, 0) is 22.4 Å². The van der Waals surface area contributed by atoms with Gasteiger partial charge in [-0.1, -0.05) is 65.7 Å². The van der Waals surface area contributed by atoms with Crippen LogP contribution in [0, 0.1) is 17.8 Å². The molecule has 0 radical (unpaired) electrons. The molecule has 0 aliphatic heterocycles. The Bertz CT molecular complexity index is 1310. The second-order valence-corrected chi connectivity index (χ2v) is 11.9. The average Bonchev–Trinajstić information content (AvgIpc) is 3.51. The van der Waals surface area contributed by atoms with E-state index in [4.69, 9.17) is 13.9 Å². The van der Waals surface area contributed by atoms with Crippen molar-refractivity contribution in [3.05, 3.63) is 53.6 Å². The van der Waals surface area contributed by atoms with Gasteiger partial charge in [-0.15, -0.1) is 0 Å². The lowest BCUT2D eigenvalue weighted by Crippen LogP contribution is -2.42. The minimum Gasteiger partial charge on any atom is -0.489 e. The highest BCUT2D eigenvalue weighted by Gasteiger charge is 2.56. The fourth-order valence-corrected chi connectivity index (χ4v) is 5.99. The molecule has 1 heterocycles. The van der Waals surface area contributed by atoms with E-state index in [0.717, 1.165) is 29.6 Å². The number of aryl methyl sites for hydroxylation is 2. The van der Waals surface area contributed by atoms with Gasteiger partial charge in [-0.25, -0.2) is 0 Å². The zero-order valence-electron chi connectivity index (χ0n) is 24.9. The molecule has 3 aromatic rings. The second kappa shape index (κ2) is 13.3. The monoisotopic (exact) mass is 572 g/mol. The first-order chi connectivity index (χ1) is 19.5. The van der Waals surface area contributed by atoms with Crippen molar-refractivity contribution in [2.24, 2.45) is 17.8 Å². The summed E-state index contributed by atoms with van der Waals surface area (Å²) in [5.74, 6) is -1.64. The summed E-state index contributed by atoms with van der Waals surface area (Å²) in [6, 6.07) is 13.6. The summed E-state index contributed by atoms with van der Waals surface area (Å²) in [5.41, 5.74) is 4.10. The molecular weight excluding hydrogens is 529 g/mol. The molecular formula is C34H43F3O4. The SMILES string of the molecule is CCCCCc1ccc(-c2cc3ccc(OC4CCC(OC(=O)C(C)CC(C)C)C4C(F)(F)F)cc3o2)c(CC)c1. The van der Waals surface area contributed by atoms with E-state index < -0.39 is 36.2 Å². The summed E-state index contributed by atoms with van der Waals surface area (Å²) in [7, 11) is 0. The minimum absolute atomic E-state index is 0.108. The lowest BCUT2D eigenvalue weighted by atomic mass is 9.97. The van der Waals surface area contributed by atoms with Gasteiger partial charge < -0.3 is 13.9 Å². The first-order valence-corrected chi connectivity index (χ1v) is 15.1. The van der Waals surface area contributed by atoms with Crippen molar-refractivity contribution in [1.82, 2.24) is 0 Å². The second-order valence-electron chi connectivity index (χ2n) is 11.9. The molecule has 224 valence electrons. The molecule has 4 unspecified atom stereocenters. The van der Waals surface area contributed by atoms with Gasteiger partial charge in [0.2, 0.25) is 0 Å². The number of rotatable bonds is 12. The van der Waals surface area contributed by atoms with E-state index in [2.05, 4.69) is 32.0 Å². The Kier molecular flexibility index (Phi) is 10.1. The molecule has 41 heavy (non-hydrogen) atoms. The van der Waals surface area contributed by atoms with E-state index >= 15 is 0 Å². The average molecular weight is 573 g/mol. The van der Waals surface area contributed by atoms with Gasteiger partial charge in [0.25, 0.3) is 0 Å². The van der Waals surface area contributed by atoms with Crippen molar-refractivity contribution in [3.63, 3.8) is 0 Å². The molecule has 0 saturated heterocycles. The molecule has 1 saturated carbocycles. The number of halogens is 3. The van der Waals surface area contributed by atoms with Gasteiger partial charge >= 0.3 is 12.1 Å². The predicted molar refractivity (Wildman–Crippen MR) is 156 cm³/mol. The lowest BCUT2D eigenvalue weighted by molar-refractivity contribution is -0.217. The number of hydrogen-bond donors (Lipinski definition) is 0. The van der Waals surface area contributed by atoms with Gasteiger partial charge in [-0.2, -0.15) is 13.2 Å². The third-order valence-electron chi connectivity index (χ3n) is 8.07. The number of alkyl halides is 3. The van der Waals surface area contributed by atoms with Crippen LogP contribution in [0.5, 0.6) is 5.75 Å². The topological polar surface area (TPSA) is 48.7 Å². The van der Waals surface area contributed by atoms with Gasteiger partial charge in [0.15, 0.2) is 0 Å². The number of carbonyl (C=O) groups is 1. The summed E-state index contributed by atoms with van der Waals surface area (Å²) >= 11 is 0. The van der Waals surface area contributed by atoms with Crippen molar-refractivity contribution in [3.8, 4) is 17.1 Å². The van der Waals surface area contributed by atoms with Crippen LogP contribution in [0.3, 0.4) is 0 Å². The number of carbonyl (C=O) groups excluding carboxylic acids is 1. The van der Waals surface area contributed by atoms with E-state index in [1.165, 1.54) is 30.4 Å². The zero-order chi connectivity index (χ0) is 29.7. The normalized spacial score (nSPS) is 20.1. The number of hydrogen-bond acceptors (Lipinski definition) is 4. The lowest BCUT2D eigenvalue weighted by Gasteiger charge is -2.28. The van der Waals surface area contributed by atoms with Crippen molar-refractivity contribution in [2.45, 2.75) is 104 Å². The highest BCUT2D eigenvalue weighted by atomic mass is 19.4. The van der Waals surface area contributed by atoms with Crippen LogP contribution in [0.4, 0.5) is 13.2 Å². The Morgan fingerprint density at radius 3 is 2.44 bits per heavy atom. The first kappa shape index (κ1) is 31.0. The standard InChI is InChI=1S/C34H43F3O4/c1-6-8-9-10-23-11-14-27(24(7-2)18-23)31-19-25-12-13-26(20-30(25)40-31)39-28-15-16-29(32(28)34(35,36)37)41-33(38)22(5)17-21(3)4/h11-14,18-22,28-29,32H,6-10,15-17H2,1-5H3. The number of ether oxygens (including phenoxy) is 2. The molecule has 0 amide bonds. The summed E-state index contributed by atoms with van der Waals surface area (Å²) in [5, 5.41) is 0.853. The summed E-state index contributed by atoms with van der Waals surface area (Å²) in [6.07, 6.45) is -0.649. The van der Waals surface area contributed by atoms with E-state index in [0.29, 0.717) is 17.8 Å². The quantitative estimate of drug-likeness (QED) is 0.160. The molecule has 0 spiro atoms. The van der Waals surface area contributed by atoms with E-state index in [1.807, 2.05) is 26.0 Å². The van der Waals surface area contributed by atoms with Crippen LogP contribution in [0.25, 0.3) is 22.3 Å². The highest BCUT2D eigenvalue weighted by molar-refractivity contribution is 5.84. The third-order valence-corrected chi connectivity index (χ3v) is 8.07. The molecule has 0 N–H and O–H groups in total. The largest absolute Gasteiger partial charge is 0.489 e. The maximum atomic E-state index is 14.2. The summed E-state index contributed by atoms with van der Waals surface area (Å²) in [6.45, 7) is 9.96. The van der Waals surface area contributed by atoms with E-state index in [9.17, 15) is 18.0 Å². The fraction of sp³-hybridized carbons (Fsp3) is 0.559. The van der Waals surface area contributed by atoms with Crippen LogP contribution < -0.4 is 4.74 Å². The van der Waals surface area contributed by atoms with Crippen LogP contribution >= 0.6 is 0 Å². The molecule has 1 aliphatic rings. The minimum atomic E-state index is -4.56. The summed E-state index contributed by atoms with van der Waals surface area (Å²) in [4.78, 5) is 12.5. The van der Waals surface area contributed by atoms with E-state index in [-0.39, 0.29) is 18.8 Å². The Labute approximate surface area is 241 Å². The van der Waals surface area contributed by atoms with Crippen LogP contribution in [0.15, 0.2) is 46.9 Å². The van der Waals surface area contributed by atoms with Crippen molar-refractivity contribution in [1.29, 1.82) is 0 Å². The Hall–Kier alpha value is -2.96. The molecule has 4 atom stereocenters. The molecule has 1 fully saturated rings. The van der Waals surface area contributed by atoms with Crippen LogP contribution in [0.2, 0.25) is 0 Å². The van der Waals surface area contributed by atoms with E-state index in [1.54, 1.807) is 19.1 Å². The van der Waals surface area contributed by atoms with Crippen molar-refractivity contribution >= 4 is 16.9 Å².